The van der Waals surface area contributed by atoms with E-state index in [2.05, 4.69) is 14.7 Å². The SMILES string of the molecule is Cl.NCC1(CC(=O)Nc2ccc3oc(C(F)(F)F)nc3c2)CCCCC1. The third-order valence-electron chi connectivity index (χ3n) is 4.80. The molecule has 1 aromatic heterocycles. The second kappa shape index (κ2) is 7.84. The molecule has 3 N–H and O–H groups in total. The van der Waals surface area contributed by atoms with Crippen LogP contribution in [0.2, 0.25) is 0 Å². The van der Waals surface area contributed by atoms with E-state index in [1.165, 1.54) is 18.2 Å². The molecule has 0 saturated heterocycles. The zero-order valence-corrected chi connectivity index (χ0v) is 14.9. The van der Waals surface area contributed by atoms with Crippen LogP contribution in [0.4, 0.5) is 18.9 Å². The lowest BCUT2D eigenvalue weighted by molar-refractivity contribution is -0.156. The average molecular weight is 392 g/mol. The summed E-state index contributed by atoms with van der Waals surface area (Å²) in [5, 5.41) is 2.73. The van der Waals surface area contributed by atoms with E-state index in [1.807, 2.05) is 0 Å². The molecule has 0 bridgehead atoms. The number of carbonyl (C=O) groups excluding carboxylic acids is 1. The zero-order valence-electron chi connectivity index (χ0n) is 14.1. The highest BCUT2D eigenvalue weighted by Gasteiger charge is 2.37. The molecule has 0 spiro atoms. The second-order valence-electron chi connectivity index (χ2n) is 6.69. The Morgan fingerprint density at radius 3 is 2.58 bits per heavy atom. The lowest BCUT2D eigenvalue weighted by atomic mass is 9.71. The normalized spacial score (nSPS) is 16.9. The first-order valence-electron chi connectivity index (χ1n) is 8.29. The number of nitrogens with two attached hydrogens (primary N) is 1. The van der Waals surface area contributed by atoms with Gasteiger partial charge in [0.15, 0.2) is 5.58 Å². The van der Waals surface area contributed by atoms with Crippen molar-refractivity contribution in [1.82, 2.24) is 4.98 Å². The van der Waals surface area contributed by atoms with Gasteiger partial charge in [-0.2, -0.15) is 13.2 Å². The number of oxazole rings is 1. The van der Waals surface area contributed by atoms with Crippen LogP contribution >= 0.6 is 12.4 Å². The van der Waals surface area contributed by atoms with E-state index < -0.39 is 12.1 Å². The molecule has 1 aromatic carbocycles. The lowest BCUT2D eigenvalue weighted by Crippen LogP contribution is -2.36. The number of nitrogens with one attached hydrogen (secondary N) is 1. The number of alkyl halides is 3. The average Bonchev–Trinajstić information content (AvgIpc) is 2.99. The van der Waals surface area contributed by atoms with Gasteiger partial charge < -0.3 is 15.5 Å². The number of benzene rings is 1. The summed E-state index contributed by atoms with van der Waals surface area (Å²) in [5.74, 6) is -1.48. The number of hydrogen-bond acceptors (Lipinski definition) is 4. The van der Waals surface area contributed by atoms with Crippen molar-refractivity contribution in [3.8, 4) is 0 Å². The fourth-order valence-electron chi connectivity index (χ4n) is 3.43. The minimum absolute atomic E-state index is 0. The van der Waals surface area contributed by atoms with Gasteiger partial charge in [0, 0.05) is 12.1 Å². The van der Waals surface area contributed by atoms with Crippen molar-refractivity contribution in [2.24, 2.45) is 11.1 Å². The third-order valence-corrected chi connectivity index (χ3v) is 4.80. The Bertz CT molecular complexity index is 770. The quantitative estimate of drug-likeness (QED) is 0.803. The molecule has 0 unspecified atom stereocenters. The van der Waals surface area contributed by atoms with Crippen LogP contribution in [-0.2, 0) is 11.0 Å². The van der Waals surface area contributed by atoms with Crippen molar-refractivity contribution in [1.29, 1.82) is 0 Å². The molecule has 9 heteroatoms. The standard InChI is InChI=1S/C17H20F3N3O2.ClH/c18-17(19,20)15-23-12-8-11(4-5-13(12)25-15)22-14(24)9-16(10-21)6-2-1-3-7-16;/h4-5,8H,1-3,6-7,9-10,21H2,(H,22,24);1H. The van der Waals surface area contributed by atoms with Crippen molar-refractivity contribution in [2.45, 2.75) is 44.7 Å². The fourth-order valence-corrected chi connectivity index (χ4v) is 3.43. The van der Waals surface area contributed by atoms with Crippen LogP contribution in [0.25, 0.3) is 11.1 Å². The van der Waals surface area contributed by atoms with Crippen LogP contribution < -0.4 is 11.1 Å². The van der Waals surface area contributed by atoms with Crippen molar-refractivity contribution in [2.75, 3.05) is 11.9 Å². The highest BCUT2D eigenvalue weighted by Crippen LogP contribution is 2.38. The molecule has 1 aliphatic rings. The van der Waals surface area contributed by atoms with Gasteiger partial charge >= 0.3 is 12.1 Å². The van der Waals surface area contributed by atoms with Crippen LogP contribution in [0.5, 0.6) is 0 Å². The van der Waals surface area contributed by atoms with E-state index in [4.69, 9.17) is 5.73 Å². The van der Waals surface area contributed by atoms with Crippen molar-refractivity contribution < 1.29 is 22.4 Å². The van der Waals surface area contributed by atoms with Crippen molar-refractivity contribution in [3.05, 3.63) is 24.1 Å². The molecule has 5 nitrogen and oxygen atoms in total. The molecule has 0 atom stereocenters. The number of fused-ring (bicyclic) bond motifs is 1. The van der Waals surface area contributed by atoms with E-state index in [0.717, 1.165) is 32.1 Å². The summed E-state index contributed by atoms with van der Waals surface area (Å²) < 4.78 is 42.6. The predicted octanol–water partition coefficient (Wildman–Crippen LogP) is 4.51. The largest absolute Gasteiger partial charge is 0.468 e. The van der Waals surface area contributed by atoms with Crippen molar-refractivity contribution >= 4 is 35.1 Å². The highest BCUT2D eigenvalue weighted by atomic mass is 35.5. The minimum Gasteiger partial charge on any atom is -0.433 e. The Balaban J connectivity index is 0.00000243. The van der Waals surface area contributed by atoms with Gasteiger partial charge in [-0.15, -0.1) is 12.4 Å². The Hall–Kier alpha value is -1.80. The Kier molecular flexibility index (Phi) is 6.18. The maximum Gasteiger partial charge on any atom is 0.468 e. The first-order chi connectivity index (χ1) is 11.8. The molecule has 26 heavy (non-hydrogen) atoms. The van der Waals surface area contributed by atoms with Gasteiger partial charge in [-0.3, -0.25) is 4.79 Å². The van der Waals surface area contributed by atoms with Crippen molar-refractivity contribution in [3.63, 3.8) is 0 Å². The number of rotatable bonds is 4. The molecule has 1 fully saturated rings. The Morgan fingerprint density at radius 1 is 1.27 bits per heavy atom. The summed E-state index contributed by atoms with van der Waals surface area (Å²) in [6, 6.07) is 4.25. The van der Waals surface area contributed by atoms with Gasteiger partial charge in [-0.1, -0.05) is 19.3 Å². The third kappa shape index (κ3) is 4.48. The molecule has 1 amide bonds. The van der Waals surface area contributed by atoms with Crippen LogP contribution in [0, 0.1) is 5.41 Å². The van der Waals surface area contributed by atoms with Gasteiger partial charge in [0.05, 0.1) is 0 Å². The van der Waals surface area contributed by atoms with E-state index in [9.17, 15) is 18.0 Å². The molecule has 1 aliphatic carbocycles. The van der Waals surface area contributed by atoms with Gasteiger partial charge in [-0.05, 0) is 43.0 Å². The number of carbonyl (C=O) groups is 1. The first kappa shape index (κ1) is 20.5. The van der Waals surface area contributed by atoms with E-state index in [0.29, 0.717) is 18.7 Å². The summed E-state index contributed by atoms with van der Waals surface area (Å²) >= 11 is 0. The lowest BCUT2D eigenvalue weighted by Gasteiger charge is -2.35. The number of anilines is 1. The number of halogens is 4. The summed E-state index contributed by atoms with van der Waals surface area (Å²) in [7, 11) is 0. The maximum absolute atomic E-state index is 12.6. The van der Waals surface area contributed by atoms with Crippen LogP contribution in [0.1, 0.15) is 44.4 Å². The molecule has 0 aliphatic heterocycles. The number of hydrogen-bond donors (Lipinski definition) is 2. The molecule has 144 valence electrons. The molecule has 0 radical (unpaired) electrons. The molecule has 1 heterocycles. The van der Waals surface area contributed by atoms with Gasteiger partial charge in [0.1, 0.15) is 5.52 Å². The maximum atomic E-state index is 12.6. The first-order valence-corrected chi connectivity index (χ1v) is 8.29. The smallest absolute Gasteiger partial charge is 0.433 e. The summed E-state index contributed by atoms with van der Waals surface area (Å²) in [5.41, 5.74) is 6.18. The van der Waals surface area contributed by atoms with E-state index >= 15 is 0 Å². The molecular formula is C17H21ClF3N3O2. The molecule has 1 saturated carbocycles. The summed E-state index contributed by atoms with van der Waals surface area (Å²) in [6.45, 7) is 0.456. The molecular weight excluding hydrogens is 371 g/mol. The topological polar surface area (TPSA) is 81.2 Å². The van der Waals surface area contributed by atoms with E-state index in [1.54, 1.807) is 0 Å². The number of aromatic nitrogens is 1. The Labute approximate surface area is 154 Å². The Morgan fingerprint density at radius 2 is 1.96 bits per heavy atom. The minimum atomic E-state index is -4.64. The van der Waals surface area contributed by atoms with Gasteiger partial charge in [0.25, 0.3) is 0 Å². The molecule has 2 aromatic rings. The van der Waals surface area contributed by atoms with Gasteiger partial charge in [0.2, 0.25) is 5.91 Å². The zero-order chi connectivity index (χ0) is 18.1. The molecule has 3 rings (SSSR count). The predicted molar refractivity (Wildman–Crippen MR) is 94.1 cm³/mol. The van der Waals surface area contributed by atoms with Gasteiger partial charge in [-0.25, -0.2) is 4.98 Å². The number of nitrogens with zero attached hydrogens (tertiary/aromatic N) is 1. The second-order valence-corrected chi connectivity index (χ2v) is 6.69. The summed E-state index contributed by atoms with van der Waals surface area (Å²) in [6.07, 6.45) is 0.812. The van der Waals surface area contributed by atoms with Crippen LogP contribution in [0.3, 0.4) is 0 Å². The summed E-state index contributed by atoms with van der Waals surface area (Å²) in [4.78, 5) is 15.8. The number of amides is 1. The fraction of sp³-hybridized carbons (Fsp3) is 0.529. The van der Waals surface area contributed by atoms with E-state index in [-0.39, 0.29) is 34.8 Å². The van der Waals surface area contributed by atoms with Crippen LogP contribution in [0.15, 0.2) is 22.6 Å². The highest BCUT2D eigenvalue weighted by molar-refractivity contribution is 5.93. The monoisotopic (exact) mass is 391 g/mol. The van der Waals surface area contributed by atoms with Crippen LogP contribution in [-0.4, -0.2) is 17.4 Å².